The summed E-state index contributed by atoms with van der Waals surface area (Å²) in [5.74, 6) is 3.33. The number of fused-ring (bicyclic) bond motifs is 2. The van der Waals surface area contributed by atoms with E-state index >= 15 is 0 Å². The minimum Gasteiger partial charge on any atom is -0.401 e. The van der Waals surface area contributed by atoms with Crippen molar-refractivity contribution in [2.45, 2.75) is 95.2 Å². The predicted molar refractivity (Wildman–Crippen MR) is 209 cm³/mol. The van der Waals surface area contributed by atoms with E-state index in [0.717, 1.165) is 19.3 Å². The van der Waals surface area contributed by atoms with Crippen LogP contribution < -0.4 is 20.7 Å². The lowest BCUT2D eigenvalue weighted by Gasteiger charge is -2.52. The molecule has 4 nitrogen and oxygen atoms in total. The Labute approximate surface area is 301 Å². The van der Waals surface area contributed by atoms with E-state index in [2.05, 4.69) is 174 Å². The van der Waals surface area contributed by atoms with Crippen molar-refractivity contribution < 1.29 is 13.6 Å². The van der Waals surface area contributed by atoms with Gasteiger partial charge < -0.3 is 13.8 Å². The average Bonchev–Trinajstić information content (AvgIpc) is 3.83. The van der Waals surface area contributed by atoms with Crippen LogP contribution in [-0.4, -0.2) is 51.7 Å². The molecular weight excluding hydrogens is 647 g/mol. The van der Waals surface area contributed by atoms with Crippen molar-refractivity contribution >= 4 is 43.3 Å². The molecule has 3 aliphatic rings. The van der Waals surface area contributed by atoms with Gasteiger partial charge in [0, 0.05) is 11.8 Å². The first-order valence-electron chi connectivity index (χ1n) is 18.3. The summed E-state index contributed by atoms with van der Waals surface area (Å²) in [6, 6.07) is 42.8. The number of amides is 1. The van der Waals surface area contributed by atoms with Crippen molar-refractivity contribution in [2.24, 2.45) is 11.8 Å². The highest BCUT2D eigenvalue weighted by Gasteiger charge is 2.66. The molecular formula is C44H51NO3Si2. The first-order chi connectivity index (χ1) is 23.9. The lowest BCUT2D eigenvalue weighted by Crippen LogP contribution is -2.73. The number of nitrogens with zero attached hydrogens (tertiary/aromatic N) is 1. The van der Waals surface area contributed by atoms with Crippen molar-refractivity contribution in [3.63, 3.8) is 0 Å². The monoisotopic (exact) mass is 697 g/mol. The topological polar surface area (TPSA) is 38.8 Å². The average molecular weight is 698 g/mol. The van der Waals surface area contributed by atoms with E-state index in [1.165, 1.54) is 20.7 Å². The lowest BCUT2D eigenvalue weighted by atomic mass is 9.95. The van der Waals surface area contributed by atoms with E-state index in [1.54, 1.807) is 0 Å². The van der Waals surface area contributed by atoms with Gasteiger partial charge in [-0.3, -0.25) is 4.79 Å². The Hall–Kier alpha value is -3.74. The largest absolute Gasteiger partial charge is 0.401 e. The van der Waals surface area contributed by atoms with Gasteiger partial charge in [0.05, 0.1) is 24.3 Å². The third kappa shape index (κ3) is 5.63. The maximum Gasteiger partial charge on any atom is 0.261 e. The summed E-state index contributed by atoms with van der Waals surface area (Å²) in [5.41, 5.74) is 0. The first kappa shape index (κ1) is 34.7. The zero-order valence-electron chi connectivity index (χ0n) is 30.4. The molecule has 1 aliphatic heterocycles. The van der Waals surface area contributed by atoms with Crippen LogP contribution in [0.1, 0.15) is 60.8 Å². The summed E-state index contributed by atoms with van der Waals surface area (Å²) in [4.78, 5) is 16.2. The van der Waals surface area contributed by atoms with E-state index in [0.29, 0.717) is 0 Å². The predicted octanol–water partition coefficient (Wildman–Crippen LogP) is 6.52. The molecule has 2 saturated carbocycles. The molecule has 50 heavy (non-hydrogen) atoms. The van der Waals surface area contributed by atoms with Crippen LogP contribution in [0, 0.1) is 24.2 Å². The number of carbonyl (C=O) groups is 1. The second-order valence-electron chi connectivity index (χ2n) is 16.6. The van der Waals surface area contributed by atoms with Gasteiger partial charge in [-0.2, -0.15) is 0 Å². The van der Waals surface area contributed by atoms with Crippen LogP contribution >= 0.6 is 0 Å². The molecule has 0 aromatic heterocycles. The molecule has 0 spiro atoms. The molecule has 258 valence electrons. The number of benzene rings is 4. The molecule has 6 heteroatoms. The van der Waals surface area contributed by atoms with Crippen LogP contribution in [0.4, 0.5) is 0 Å². The first-order valence-corrected chi connectivity index (χ1v) is 22.1. The van der Waals surface area contributed by atoms with E-state index in [-0.39, 0.29) is 52.1 Å². The number of carbonyl (C=O) groups excluding carboxylic acids is 1. The summed E-state index contributed by atoms with van der Waals surface area (Å²) in [6.07, 6.45) is 8.39. The molecule has 4 aromatic carbocycles. The number of likely N-dealkylation sites (tertiary alicyclic amines) is 1. The molecule has 1 saturated heterocycles. The molecule has 0 unspecified atom stereocenters. The summed E-state index contributed by atoms with van der Waals surface area (Å²) in [5, 5.41) is 4.44. The highest BCUT2D eigenvalue weighted by atomic mass is 28.4. The van der Waals surface area contributed by atoms with Crippen LogP contribution in [0.15, 0.2) is 121 Å². The summed E-state index contributed by atoms with van der Waals surface area (Å²) >= 11 is 0. The molecule has 2 bridgehead atoms. The van der Waals surface area contributed by atoms with Crippen LogP contribution in [0.2, 0.25) is 10.1 Å². The molecule has 0 radical (unpaired) electrons. The van der Waals surface area contributed by atoms with Gasteiger partial charge in [0.25, 0.3) is 16.6 Å². The van der Waals surface area contributed by atoms with Crippen molar-refractivity contribution in [2.75, 3.05) is 0 Å². The van der Waals surface area contributed by atoms with Crippen LogP contribution in [0.5, 0.6) is 0 Å². The highest BCUT2D eigenvalue weighted by molar-refractivity contribution is 7.00. The standard InChI is InChI=1S/C44H51NO3Si2/c1-8-38-37-31-39(45(38)42(46)32-29-30-32)41(48-50(44(5,6)7,35-25-17-11-18-26-35)36-27-19-12-20-28-36)40(37)47-49(43(2,3)4,33-21-13-9-14-22-33)34-23-15-10-16-24-34/h1,9-28,32,37-41H,29-31H2,2-7H3/t37-,38+,39-,40-,41+/m1/s1. The second kappa shape index (κ2) is 13.1. The SMILES string of the molecule is C#C[C@H]1[C@H]2C[C@H]([C@H](O[Si](c3ccccc3)(c3ccccc3)C(C)(C)C)[C@@H]2O[Si](c2ccccc2)(c2ccccc2)C(C)(C)C)N1C(=O)C1CC1. The number of terminal acetylenes is 1. The molecule has 1 amide bonds. The Kier molecular flexibility index (Phi) is 9.09. The molecule has 0 N–H and O–H groups in total. The number of rotatable bonds is 9. The Morgan fingerprint density at radius 1 is 0.640 bits per heavy atom. The molecule has 3 fully saturated rings. The van der Waals surface area contributed by atoms with E-state index in [4.69, 9.17) is 15.3 Å². The molecule has 2 aliphatic carbocycles. The maximum atomic E-state index is 14.2. The number of hydrogen-bond acceptors (Lipinski definition) is 3. The minimum absolute atomic E-state index is 0.0439. The van der Waals surface area contributed by atoms with E-state index < -0.39 is 16.6 Å². The Morgan fingerprint density at radius 3 is 1.32 bits per heavy atom. The second-order valence-corrected chi connectivity index (χ2v) is 25.1. The van der Waals surface area contributed by atoms with Gasteiger partial charge in [-0.25, -0.2) is 0 Å². The van der Waals surface area contributed by atoms with Crippen LogP contribution in [0.3, 0.4) is 0 Å². The van der Waals surface area contributed by atoms with Crippen molar-refractivity contribution in [3.05, 3.63) is 121 Å². The van der Waals surface area contributed by atoms with Crippen molar-refractivity contribution in [3.8, 4) is 12.3 Å². The fourth-order valence-electron chi connectivity index (χ4n) is 9.14. The fraction of sp³-hybridized carbons (Fsp3) is 0.386. The Balaban J connectivity index is 1.45. The van der Waals surface area contributed by atoms with Crippen LogP contribution in [-0.2, 0) is 13.6 Å². The Morgan fingerprint density at radius 2 is 1.00 bits per heavy atom. The molecule has 1 heterocycles. The highest BCUT2D eigenvalue weighted by Crippen LogP contribution is 2.52. The lowest BCUT2D eigenvalue weighted by molar-refractivity contribution is -0.141. The van der Waals surface area contributed by atoms with Gasteiger partial charge in [-0.05, 0) is 50.1 Å². The minimum atomic E-state index is -3.04. The third-order valence-electron chi connectivity index (χ3n) is 11.5. The van der Waals surface area contributed by atoms with Crippen molar-refractivity contribution in [1.82, 2.24) is 4.90 Å². The van der Waals surface area contributed by atoms with Gasteiger partial charge in [-0.15, -0.1) is 6.42 Å². The van der Waals surface area contributed by atoms with Crippen LogP contribution in [0.25, 0.3) is 0 Å². The van der Waals surface area contributed by atoms with Gasteiger partial charge in [0.2, 0.25) is 5.91 Å². The van der Waals surface area contributed by atoms with Gasteiger partial charge in [0.1, 0.15) is 0 Å². The van der Waals surface area contributed by atoms with Crippen molar-refractivity contribution in [1.29, 1.82) is 0 Å². The number of piperidine rings is 1. The number of hydrogen-bond donors (Lipinski definition) is 0. The molecule has 7 rings (SSSR count). The van der Waals surface area contributed by atoms with Gasteiger partial charge in [0.15, 0.2) is 0 Å². The third-order valence-corrected chi connectivity index (χ3v) is 21.6. The van der Waals surface area contributed by atoms with Gasteiger partial charge in [-0.1, -0.05) is 169 Å². The van der Waals surface area contributed by atoms with Gasteiger partial charge >= 0.3 is 0 Å². The maximum absolute atomic E-state index is 14.2. The summed E-state index contributed by atoms with van der Waals surface area (Å²) in [6.45, 7) is 13.9. The summed E-state index contributed by atoms with van der Waals surface area (Å²) in [7, 11) is -6.05. The Bertz CT molecular complexity index is 1750. The zero-order valence-corrected chi connectivity index (χ0v) is 32.4. The molecule has 4 aromatic rings. The summed E-state index contributed by atoms with van der Waals surface area (Å²) < 4.78 is 16.1. The van der Waals surface area contributed by atoms with E-state index in [9.17, 15) is 4.79 Å². The van der Waals surface area contributed by atoms with E-state index in [1.807, 2.05) is 0 Å². The normalized spacial score (nSPS) is 23.9. The zero-order chi connectivity index (χ0) is 35.3. The fourth-order valence-corrected chi connectivity index (χ4v) is 18.6. The quantitative estimate of drug-likeness (QED) is 0.148. The molecule has 5 atom stereocenters. The smallest absolute Gasteiger partial charge is 0.261 e.